The minimum atomic E-state index is -3.75. The van der Waals surface area contributed by atoms with E-state index in [9.17, 15) is 8.42 Å². The largest absolute Gasteiger partial charge is 0.378 e. The van der Waals surface area contributed by atoms with E-state index in [1.165, 1.54) is 4.88 Å². The van der Waals surface area contributed by atoms with Crippen LogP contribution in [0.15, 0.2) is 40.2 Å². The summed E-state index contributed by atoms with van der Waals surface area (Å²) in [5, 5.41) is 8.26. The highest BCUT2D eigenvalue weighted by atomic mass is 79.9. The maximum absolute atomic E-state index is 11.0. The number of anilines is 2. The van der Waals surface area contributed by atoms with Crippen molar-refractivity contribution >= 4 is 48.9 Å². The lowest BCUT2D eigenvalue weighted by Gasteiger charge is -2.14. The monoisotopic (exact) mass is 375 g/mol. The van der Waals surface area contributed by atoms with Gasteiger partial charge in [-0.25, -0.2) is 5.14 Å². The third-order valence-electron chi connectivity index (χ3n) is 2.53. The van der Waals surface area contributed by atoms with E-state index < -0.39 is 10.2 Å². The number of hydrogen-bond acceptors (Lipinski definition) is 4. The predicted octanol–water partition coefficient (Wildman–Crippen LogP) is 3.30. The average Bonchev–Trinajstić information content (AvgIpc) is 2.74. The fraction of sp³-hybridized carbons (Fsp3) is 0.167. The van der Waals surface area contributed by atoms with Crippen molar-refractivity contribution in [1.82, 2.24) is 0 Å². The van der Waals surface area contributed by atoms with Crippen molar-refractivity contribution in [3.05, 3.63) is 45.1 Å². The molecule has 0 aliphatic rings. The number of benzene rings is 1. The highest BCUT2D eigenvalue weighted by Gasteiger charge is 2.09. The van der Waals surface area contributed by atoms with Crippen LogP contribution >= 0.6 is 27.3 Å². The molecule has 1 atom stereocenters. The molecule has 0 bridgehead atoms. The summed E-state index contributed by atoms with van der Waals surface area (Å²) < 4.78 is 25.3. The Morgan fingerprint density at radius 1 is 1.25 bits per heavy atom. The molecule has 0 radical (unpaired) electrons. The number of hydrogen-bond donors (Lipinski definition) is 3. The lowest BCUT2D eigenvalue weighted by Crippen LogP contribution is -2.21. The Morgan fingerprint density at radius 3 is 2.55 bits per heavy atom. The van der Waals surface area contributed by atoms with E-state index in [-0.39, 0.29) is 6.04 Å². The van der Waals surface area contributed by atoms with Gasteiger partial charge in [-0.3, -0.25) is 4.72 Å². The van der Waals surface area contributed by atoms with Crippen LogP contribution in [0.1, 0.15) is 17.8 Å². The zero-order chi connectivity index (χ0) is 14.8. The first kappa shape index (κ1) is 15.3. The first-order valence-electron chi connectivity index (χ1n) is 5.76. The van der Waals surface area contributed by atoms with Gasteiger partial charge in [-0.15, -0.1) is 11.3 Å². The second-order valence-electron chi connectivity index (χ2n) is 4.24. The molecule has 1 aromatic carbocycles. The molecular formula is C12H14BrN3O2S2. The SMILES string of the molecule is CC(Nc1cccc(NS(N)(=O)=O)c1)c1ccc(Br)s1. The number of rotatable bonds is 5. The lowest BCUT2D eigenvalue weighted by atomic mass is 10.2. The van der Waals surface area contributed by atoms with Crippen LogP contribution in [0.3, 0.4) is 0 Å². The highest BCUT2D eigenvalue weighted by molar-refractivity contribution is 9.11. The summed E-state index contributed by atoms with van der Waals surface area (Å²) >= 11 is 5.08. The van der Waals surface area contributed by atoms with Gasteiger partial charge >= 0.3 is 0 Å². The van der Waals surface area contributed by atoms with E-state index in [2.05, 4.69) is 26.0 Å². The van der Waals surface area contributed by atoms with Crippen molar-refractivity contribution in [3.8, 4) is 0 Å². The molecular weight excluding hydrogens is 362 g/mol. The number of nitrogens with two attached hydrogens (primary N) is 1. The molecule has 0 spiro atoms. The summed E-state index contributed by atoms with van der Waals surface area (Å²) in [6.07, 6.45) is 0. The molecule has 1 unspecified atom stereocenters. The highest BCUT2D eigenvalue weighted by Crippen LogP contribution is 2.29. The Hall–Kier alpha value is -1.09. The van der Waals surface area contributed by atoms with Crippen molar-refractivity contribution in [1.29, 1.82) is 0 Å². The van der Waals surface area contributed by atoms with E-state index in [1.807, 2.05) is 25.1 Å². The third-order valence-corrected chi connectivity index (χ3v) is 4.85. The Labute approximate surface area is 130 Å². The third kappa shape index (κ3) is 4.48. The molecule has 1 aromatic heterocycles. The van der Waals surface area contributed by atoms with Gasteiger partial charge in [0.1, 0.15) is 0 Å². The fourth-order valence-corrected chi connectivity index (χ4v) is 3.60. The Morgan fingerprint density at radius 2 is 1.95 bits per heavy atom. The molecule has 108 valence electrons. The van der Waals surface area contributed by atoms with Gasteiger partial charge in [0, 0.05) is 10.6 Å². The minimum Gasteiger partial charge on any atom is -0.378 e. The maximum Gasteiger partial charge on any atom is 0.296 e. The Bertz CT molecular complexity index is 700. The molecule has 1 heterocycles. The Balaban J connectivity index is 2.11. The van der Waals surface area contributed by atoms with Gasteiger partial charge < -0.3 is 5.32 Å². The molecule has 20 heavy (non-hydrogen) atoms. The molecule has 0 aliphatic heterocycles. The second-order valence-corrected chi connectivity index (χ2v) is 8.02. The standard InChI is InChI=1S/C12H14BrN3O2S2/c1-8(11-5-6-12(13)19-11)15-9-3-2-4-10(7-9)16-20(14,17)18/h2-8,15-16H,1H3,(H2,14,17,18). The van der Waals surface area contributed by atoms with Gasteiger partial charge in [-0.05, 0) is 53.2 Å². The maximum atomic E-state index is 11.0. The first-order valence-corrected chi connectivity index (χ1v) is 8.91. The van der Waals surface area contributed by atoms with Crippen LogP contribution in [-0.2, 0) is 10.2 Å². The van der Waals surface area contributed by atoms with Crippen molar-refractivity contribution < 1.29 is 8.42 Å². The van der Waals surface area contributed by atoms with Crippen LogP contribution < -0.4 is 15.2 Å². The van der Waals surface area contributed by atoms with Gasteiger partial charge in [0.2, 0.25) is 0 Å². The summed E-state index contributed by atoms with van der Waals surface area (Å²) in [7, 11) is -3.75. The zero-order valence-electron chi connectivity index (χ0n) is 10.6. The van der Waals surface area contributed by atoms with Crippen LogP contribution in [0.2, 0.25) is 0 Å². The number of halogens is 1. The smallest absolute Gasteiger partial charge is 0.296 e. The molecule has 2 aromatic rings. The van der Waals surface area contributed by atoms with E-state index >= 15 is 0 Å². The molecule has 0 saturated carbocycles. The molecule has 0 fully saturated rings. The van der Waals surface area contributed by atoms with Crippen molar-refractivity contribution in [2.75, 3.05) is 10.0 Å². The predicted molar refractivity (Wildman–Crippen MR) is 87.2 cm³/mol. The van der Waals surface area contributed by atoms with Crippen LogP contribution in [0.25, 0.3) is 0 Å². The average molecular weight is 376 g/mol. The molecule has 0 saturated heterocycles. The molecule has 0 aliphatic carbocycles. The van der Waals surface area contributed by atoms with Crippen molar-refractivity contribution in [2.24, 2.45) is 5.14 Å². The summed E-state index contributed by atoms with van der Waals surface area (Å²) in [5.41, 5.74) is 1.24. The summed E-state index contributed by atoms with van der Waals surface area (Å²) in [6.45, 7) is 2.04. The second kappa shape index (κ2) is 6.13. The van der Waals surface area contributed by atoms with Crippen molar-refractivity contribution in [2.45, 2.75) is 13.0 Å². The zero-order valence-corrected chi connectivity index (χ0v) is 13.8. The van der Waals surface area contributed by atoms with Gasteiger partial charge in [0.15, 0.2) is 0 Å². The molecule has 2 rings (SSSR count). The van der Waals surface area contributed by atoms with Gasteiger partial charge in [-0.2, -0.15) is 8.42 Å². The Kier molecular flexibility index (Phi) is 4.69. The number of nitrogens with one attached hydrogen (secondary N) is 2. The fourth-order valence-electron chi connectivity index (χ4n) is 1.72. The van der Waals surface area contributed by atoms with E-state index in [4.69, 9.17) is 5.14 Å². The van der Waals surface area contributed by atoms with Gasteiger partial charge in [0.05, 0.1) is 15.5 Å². The molecule has 0 amide bonds. The van der Waals surface area contributed by atoms with Crippen LogP contribution in [0.4, 0.5) is 11.4 Å². The molecule has 8 heteroatoms. The first-order chi connectivity index (χ1) is 9.33. The van der Waals surface area contributed by atoms with Gasteiger partial charge in [0.25, 0.3) is 10.2 Å². The molecule has 5 nitrogen and oxygen atoms in total. The summed E-state index contributed by atoms with van der Waals surface area (Å²) in [6, 6.07) is 11.1. The normalized spacial score (nSPS) is 12.9. The van der Waals surface area contributed by atoms with E-state index in [0.29, 0.717) is 5.69 Å². The number of thiophene rings is 1. The van der Waals surface area contributed by atoms with Crippen molar-refractivity contribution in [3.63, 3.8) is 0 Å². The van der Waals surface area contributed by atoms with Crippen LogP contribution in [0.5, 0.6) is 0 Å². The van der Waals surface area contributed by atoms with Gasteiger partial charge in [-0.1, -0.05) is 6.07 Å². The summed E-state index contributed by atoms with van der Waals surface area (Å²) in [4.78, 5) is 1.18. The quantitative estimate of drug-likeness (QED) is 0.749. The molecule has 4 N–H and O–H groups in total. The van der Waals surface area contributed by atoms with Crippen LogP contribution in [-0.4, -0.2) is 8.42 Å². The summed E-state index contributed by atoms with van der Waals surface area (Å²) in [5.74, 6) is 0. The minimum absolute atomic E-state index is 0.121. The van der Waals surface area contributed by atoms with E-state index in [1.54, 1.807) is 29.5 Å². The lowest BCUT2D eigenvalue weighted by molar-refractivity contribution is 0.603. The topological polar surface area (TPSA) is 84.2 Å². The van der Waals surface area contributed by atoms with Crippen LogP contribution in [0, 0.1) is 0 Å². The van der Waals surface area contributed by atoms with E-state index in [0.717, 1.165) is 9.47 Å².